The van der Waals surface area contributed by atoms with Crippen LogP contribution in [-0.2, 0) is 16.1 Å². The SMILES string of the molecule is CCCCC(CCC)NC(=O)C1(C)Cn2nc(C(=O)OCC)cc2C(=O)N1c1ccc2c(c1)OCO2. The Bertz CT molecular complexity index is 1150. The molecule has 0 saturated heterocycles. The molecule has 1 N–H and O–H groups in total. The predicted molar refractivity (Wildman–Crippen MR) is 132 cm³/mol. The van der Waals surface area contributed by atoms with Crippen molar-refractivity contribution in [1.82, 2.24) is 15.1 Å². The molecule has 0 fully saturated rings. The number of amides is 2. The number of anilines is 1. The fourth-order valence-corrected chi connectivity index (χ4v) is 4.74. The van der Waals surface area contributed by atoms with Crippen LogP contribution in [0.3, 0.4) is 0 Å². The number of hydrogen-bond acceptors (Lipinski definition) is 7. The molecule has 2 aliphatic heterocycles. The second kappa shape index (κ2) is 10.6. The van der Waals surface area contributed by atoms with Gasteiger partial charge in [-0.05, 0) is 38.8 Å². The summed E-state index contributed by atoms with van der Waals surface area (Å²) in [5.41, 5.74) is -0.583. The number of hydrogen-bond donors (Lipinski definition) is 1. The van der Waals surface area contributed by atoms with Crippen LogP contribution in [0.15, 0.2) is 24.3 Å². The van der Waals surface area contributed by atoms with E-state index in [0.29, 0.717) is 17.2 Å². The molecule has 0 aliphatic carbocycles. The largest absolute Gasteiger partial charge is 0.461 e. The molecule has 0 bridgehead atoms. The van der Waals surface area contributed by atoms with Gasteiger partial charge in [-0.15, -0.1) is 0 Å². The first kappa shape index (κ1) is 25.5. The lowest BCUT2D eigenvalue weighted by Crippen LogP contribution is -2.65. The van der Waals surface area contributed by atoms with E-state index in [9.17, 15) is 14.4 Å². The second-order valence-electron chi connectivity index (χ2n) is 9.35. The Kier molecular flexibility index (Phi) is 7.51. The molecule has 194 valence electrons. The van der Waals surface area contributed by atoms with Crippen LogP contribution in [0.5, 0.6) is 11.5 Å². The van der Waals surface area contributed by atoms with Gasteiger partial charge in [0.05, 0.1) is 13.2 Å². The van der Waals surface area contributed by atoms with Crippen molar-refractivity contribution < 1.29 is 28.6 Å². The van der Waals surface area contributed by atoms with E-state index < -0.39 is 17.4 Å². The van der Waals surface area contributed by atoms with Crippen molar-refractivity contribution in [2.45, 2.75) is 77.9 Å². The van der Waals surface area contributed by atoms with Gasteiger partial charge in [-0.1, -0.05) is 33.1 Å². The third kappa shape index (κ3) is 4.76. The highest BCUT2D eigenvalue weighted by molar-refractivity contribution is 6.12. The summed E-state index contributed by atoms with van der Waals surface area (Å²) in [5, 5.41) is 7.51. The van der Waals surface area contributed by atoms with Crippen LogP contribution in [-0.4, -0.2) is 52.5 Å². The maximum Gasteiger partial charge on any atom is 0.358 e. The number of aromatic nitrogens is 2. The van der Waals surface area contributed by atoms with Gasteiger partial charge >= 0.3 is 5.97 Å². The Morgan fingerprint density at radius 1 is 1.14 bits per heavy atom. The highest BCUT2D eigenvalue weighted by Crippen LogP contribution is 2.40. The summed E-state index contributed by atoms with van der Waals surface area (Å²) in [6, 6.07) is 6.57. The van der Waals surface area contributed by atoms with Crippen LogP contribution in [0.25, 0.3) is 0 Å². The normalized spacial score (nSPS) is 19.1. The zero-order chi connectivity index (χ0) is 25.9. The molecule has 36 heavy (non-hydrogen) atoms. The van der Waals surface area contributed by atoms with E-state index in [2.05, 4.69) is 24.3 Å². The minimum Gasteiger partial charge on any atom is -0.461 e. The number of benzene rings is 1. The molecule has 2 aliphatic rings. The van der Waals surface area contributed by atoms with Crippen LogP contribution in [0.2, 0.25) is 0 Å². The van der Waals surface area contributed by atoms with E-state index in [0.717, 1.165) is 32.1 Å². The van der Waals surface area contributed by atoms with Gasteiger partial charge in [0.25, 0.3) is 5.91 Å². The fraction of sp³-hybridized carbons (Fsp3) is 0.538. The number of carbonyl (C=O) groups excluding carboxylic acids is 3. The van der Waals surface area contributed by atoms with E-state index in [-0.39, 0.29) is 43.3 Å². The van der Waals surface area contributed by atoms with Gasteiger partial charge in [0.2, 0.25) is 12.7 Å². The number of fused-ring (bicyclic) bond motifs is 2. The minimum absolute atomic E-state index is 0.00194. The van der Waals surface area contributed by atoms with Crippen LogP contribution in [0.4, 0.5) is 5.69 Å². The summed E-state index contributed by atoms with van der Waals surface area (Å²) >= 11 is 0. The van der Waals surface area contributed by atoms with Gasteiger partial charge in [0, 0.05) is 23.9 Å². The Hall–Kier alpha value is -3.56. The highest BCUT2D eigenvalue weighted by Gasteiger charge is 2.49. The first-order chi connectivity index (χ1) is 17.3. The molecule has 0 spiro atoms. The van der Waals surface area contributed by atoms with Crippen LogP contribution in [0.1, 0.15) is 80.8 Å². The molecule has 2 atom stereocenters. The van der Waals surface area contributed by atoms with E-state index in [1.54, 1.807) is 32.0 Å². The summed E-state index contributed by atoms with van der Waals surface area (Å²) in [4.78, 5) is 41.6. The zero-order valence-corrected chi connectivity index (χ0v) is 21.3. The van der Waals surface area contributed by atoms with Crippen molar-refractivity contribution in [3.8, 4) is 11.5 Å². The Morgan fingerprint density at radius 3 is 2.64 bits per heavy atom. The summed E-state index contributed by atoms with van der Waals surface area (Å²) < 4.78 is 17.4. The molecule has 4 rings (SSSR count). The summed E-state index contributed by atoms with van der Waals surface area (Å²) in [6.07, 6.45) is 4.67. The van der Waals surface area contributed by atoms with Gasteiger partial charge in [0.1, 0.15) is 11.2 Å². The first-order valence-electron chi connectivity index (χ1n) is 12.6. The number of nitrogens with one attached hydrogen (secondary N) is 1. The summed E-state index contributed by atoms with van der Waals surface area (Å²) in [5.74, 6) is -0.258. The quantitative estimate of drug-likeness (QED) is 0.497. The molecule has 1 aromatic carbocycles. The number of unbranched alkanes of at least 4 members (excludes halogenated alkanes) is 1. The molecular weight excluding hydrogens is 464 g/mol. The standard InChI is InChI=1S/C26H34N4O6/c1-5-8-10-17(9-6-2)27-25(33)26(4)15-29-20(14-19(28-29)24(32)34-7-3)23(31)30(26)18-11-12-21-22(13-18)36-16-35-21/h11-14,17H,5-10,15-16H2,1-4H3,(H,27,33). The number of ether oxygens (including phenoxy) is 3. The van der Waals surface area contributed by atoms with E-state index in [1.807, 2.05) is 0 Å². The van der Waals surface area contributed by atoms with Gasteiger partial charge in [0.15, 0.2) is 17.2 Å². The maximum absolute atomic E-state index is 13.9. The van der Waals surface area contributed by atoms with Gasteiger partial charge in [-0.2, -0.15) is 5.10 Å². The van der Waals surface area contributed by atoms with Crippen molar-refractivity contribution >= 4 is 23.5 Å². The van der Waals surface area contributed by atoms with E-state index >= 15 is 0 Å². The van der Waals surface area contributed by atoms with Crippen molar-refractivity contribution in [1.29, 1.82) is 0 Å². The van der Waals surface area contributed by atoms with Crippen molar-refractivity contribution in [2.24, 2.45) is 0 Å². The summed E-state index contributed by atoms with van der Waals surface area (Å²) in [6.45, 7) is 7.98. The number of rotatable bonds is 10. The van der Waals surface area contributed by atoms with Crippen molar-refractivity contribution in [3.63, 3.8) is 0 Å². The minimum atomic E-state index is -1.31. The van der Waals surface area contributed by atoms with Crippen LogP contribution < -0.4 is 19.7 Å². The van der Waals surface area contributed by atoms with Crippen molar-refractivity contribution in [3.05, 3.63) is 35.7 Å². The molecule has 2 aromatic rings. The molecule has 1 aromatic heterocycles. The zero-order valence-electron chi connectivity index (χ0n) is 21.3. The topological polar surface area (TPSA) is 112 Å². The number of esters is 1. The molecule has 2 unspecified atom stereocenters. The van der Waals surface area contributed by atoms with Gasteiger partial charge in [-0.3, -0.25) is 19.2 Å². The highest BCUT2D eigenvalue weighted by atomic mass is 16.7. The Morgan fingerprint density at radius 2 is 1.92 bits per heavy atom. The van der Waals surface area contributed by atoms with Crippen LogP contribution >= 0.6 is 0 Å². The maximum atomic E-state index is 13.9. The molecule has 3 heterocycles. The monoisotopic (exact) mass is 498 g/mol. The van der Waals surface area contributed by atoms with E-state index in [1.165, 1.54) is 15.6 Å². The lowest BCUT2D eigenvalue weighted by Gasteiger charge is -2.43. The molecule has 10 heteroatoms. The van der Waals surface area contributed by atoms with Crippen LogP contribution in [0, 0.1) is 0 Å². The first-order valence-corrected chi connectivity index (χ1v) is 12.6. The number of carbonyl (C=O) groups is 3. The average Bonchev–Trinajstić information content (AvgIpc) is 3.49. The van der Waals surface area contributed by atoms with Gasteiger partial charge < -0.3 is 19.5 Å². The van der Waals surface area contributed by atoms with Gasteiger partial charge in [-0.25, -0.2) is 4.79 Å². The third-order valence-electron chi connectivity index (χ3n) is 6.62. The smallest absolute Gasteiger partial charge is 0.358 e. The Labute approximate surface area is 210 Å². The fourth-order valence-electron chi connectivity index (χ4n) is 4.74. The second-order valence-corrected chi connectivity index (χ2v) is 9.35. The number of nitrogens with zero attached hydrogens (tertiary/aromatic N) is 3. The average molecular weight is 499 g/mol. The van der Waals surface area contributed by atoms with Crippen molar-refractivity contribution in [2.75, 3.05) is 18.3 Å². The third-order valence-corrected chi connectivity index (χ3v) is 6.62. The molecular formula is C26H34N4O6. The molecule has 0 saturated carbocycles. The molecule has 10 nitrogen and oxygen atoms in total. The predicted octanol–water partition coefficient (Wildman–Crippen LogP) is 3.68. The summed E-state index contributed by atoms with van der Waals surface area (Å²) in [7, 11) is 0. The molecule has 0 radical (unpaired) electrons. The lowest BCUT2D eigenvalue weighted by molar-refractivity contribution is -0.127. The molecule has 2 amide bonds. The lowest BCUT2D eigenvalue weighted by atomic mass is 9.92. The van der Waals surface area contributed by atoms with E-state index in [4.69, 9.17) is 14.2 Å². The Balaban J connectivity index is 1.74.